The molecule has 3 nitrogen and oxygen atoms in total. The van der Waals surface area contributed by atoms with Crippen molar-refractivity contribution in [2.75, 3.05) is 0 Å². The number of phenolic OH excluding ortho intramolecular Hbond substituents is 1. The van der Waals surface area contributed by atoms with Crippen molar-refractivity contribution in [1.82, 2.24) is 0 Å². The number of para-hydroxylation sites is 1. The lowest BCUT2D eigenvalue weighted by molar-refractivity contribution is 0.474. The molecule has 54 valence electrons. The van der Waals surface area contributed by atoms with Gasteiger partial charge in [-0.3, -0.25) is 0 Å². The van der Waals surface area contributed by atoms with Crippen LogP contribution in [0.4, 0.5) is 0 Å². The van der Waals surface area contributed by atoms with E-state index in [9.17, 15) is 0 Å². The molecule has 0 unspecified atom stereocenters. The van der Waals surface area contributed by atoms with E-state index >= 15 is 0 Å². The lowest BCUT2D eigenvalue weighted by atomic mass is 10.2. The fraction of sp³-hybridized carbons (Fsp3) is 0. The Bertz CT molecular complexity index is 312. The molecule has 1 aromatic rings. The SMILES string of the molecule is N#CN=Cc1ccccc1O. The smallest absolute Gasteiger partial charge is 0.205 e. The van der Waals surface area contributed by atoms with Gasteiger partial charge in [0, 0.05) is 5.56 Å². The van der Waals surface area contributed by atoms with Crippen molar-refractivity contribution in [3.8, 4) is 11.9 Å². The predicted octanol–water partition coefficient (Wildman–Crippen LogP) is 1.29. The number of hydrogen-bond donors (Lipinski definition) is 1. The second-order valence-corrected chi connectivity index (χ2v) is 1.92. The Morgan fingerprint density at radius 3 is 2.82 bits per heavy atom. The Morgan fingerprint density at radius 1 is 1.45 bits per heavy atom. The zero-order valence-electron chi connectivity index (χ0n) is 5.73. The summed E-state index contributed by atoms with van der Waals surface area (Å²) in [6.07, 6.45) is 2.92. The van der Waals surface area contributed by atoms with Gasteiger partial charge in [0.25, 0.3) is 0 Å². The van der Waals surface area contributed by atoms with E-state index in [0.29, 0.717) is 5.56 Å². The van der Waals surface area contributed by atoms with Crippen molar-refractivity contribution in [2.24, 2.45) is 4.99 Å². The molecule has 0 bridgehead atoms. The number of rotatable bonds is 1. The topological polar surface area (TPSA) is 56.4 Å². The van der Waals surface area contributed by atoms with E-state index in [0.717, 1.165) is 0 Å². The maximum Gasteiger partial charge on any atom is 0.205 e. The van der Waals surface area contributed by atoms with Crippen LogP contribution in [0.1, 0.15) is 5.56 Å². The maximum atomic E-state index is 9.14. The molecule has 0 radical (unpaired) electrons. The lowest BCUT2D eigenvalue weighted by Crippen LogP contribution is -1.79. The molecule has 11 heavy (non-hydrogen) atoms. The fourth-order valence-electron chi connectivity index (χ4n) is 0.695. The summed E-state index contributed by atoms with van der Waals surface area (Å²) in [5.74, 6) is 0.131. The molecular formula is C8H6N2O. The number of nitriles is 1. The molecule has 0 aromatic heterocycles. The van der Waals surface area contributed by atoms with E-state index in [1.807, 2.05) is 0 Å². The molecule has 0 saturated heterocycles. The predicted molar refractivity (Wildman–Crippen MR) is 41.3 cm³/mol. The Balaban J connectivity index is 2.97. The van der Waals surface area contributed by atoms with Crippen LogP contribution in [-0.4, -0.2) is 11.3 Å². The number of aromatic hydroxyl groups is 1. The Labute approximate surface area is 64.2 Å². The van der Waals surface area contributed by atoms with E-state index in [-0.39, 0.29) is 5.75 Å². The van der Waals surface area contributed by atoms with Crippen molar-refractivity contribution < 1.29 is 5.11 Å². The minimum Gasteiger partial charge on any atom is -0.507 e. The van der Waals surface area contributed by atoms with Gasteiger partial charge >= 0.3 is 0 Å². The van der Waals surface area contributed by atoms with Crippen molar-refractivity contribution in [3.63, 3.8) is 0 Å². The molecule has 0 saturated carbocycles. The highest BCUT2D eigenvalue weighted by Gasteiger charge is 1.92. The van der Waals surface area contributed by atoms with Gasteiger partial charge in [-0.15, -0.1) is 0 Å². The van der Waals surface area contributed by atoms with Gasteiger partial charge in [-0.05, 0) is 12.1 Å². The molecule has 0 fully saturated rings. The van der Waals surface area contributed by atoms with Crippen molar-refractivity contribution in [3.05, 3.63) is 29.8 Å². The van der Waals surface area contributed by atoms with E-state index < -0.39 is 0 Å². The van der Waals surface area contributed by atoms with Gasteiger partial charge in [-0.1, -0.05) is 12.1 Å². The quantitative estimate of drug-likeness (QED) is 0.479. The second-order valence-electron chi connectivity index (χ2n) is 1.92. The average molecular weight is 146 g/mol. The number of aliphatic imine (C=N–C) groups is 1. The summed E-state index contributed by atoms with van der Waals surface area (Å²) < 4.78 is 0. The summed E-state index contributed by atoms with van der Waals surface area (Å²) in [6.45, 7) is 0. The van der Waals surface area contributed by atoms with Gasteiger partial charge in [0.1, 0.15) is 5.75 Å². The largest absolute Gasteiger partial charge is 0.507 e. The Kier molecular flexibility index (Phi) is 2.24. The van der Waals surface area contributed by atoms with Crippen LogP contribution in [0.3, 0.4) is 0 Å². The maximum absolute atomic E-state index is 9.14. The third-order valence-corrected chi connectivity index (χ3v) is 1.20. The number of hydrogen-bond acceptors (Lipinski definition) is 3. The monoisotopic (exact) mass is 146 g/mol. The minimum absolute atomic E-state index is 0.131. The van der Waals surface area contributed by atoms with Gasteiger partial charge in [0.15, 0.2) is 0 Å². The van der Waals surface area contributed by atoms with E-state index in [1.165, 1.54) is 6.21 Å². The third-order valence-electron chi connectivity index (χ3n) is 1.20. The van der Waals surface area contributed by atoms with Crippen molar-refractivity contribution >= 4 is 6.21 Å². The van der Waals surface area contributed by atoms with Crippen molar-refractivity contribution in [2.45, 2.75) is 0 Å². The summed E-state index contributed by atoms with van der Waals surface area (Å²) in [4.78, 5) is 3.32. The van der Waals surface area contributed by atoms with Gasteiger partial charge in [0.2, 0.25) is 6.19 Å². The third kappa shape index (κ3) is 1.80. The Morgan fingerprint density at radius 2 is 2.18 bits per heavy atom. The van der Waals surface area contributed by atoms with Crippen LogP contribution >= 0.6 is 0 Å². The highest BCUT2D eigenvalue weighted by atomic mass is 16.3. The van der Waals surface area contributed by atoms with Crippen LogP contribution in [0.15, 0.2) is 29.3 Å². The summed E-state index contributed by atoms with van der Waals surface area (Å²) in [7, 11) is 0. The number of phenols is 1. The van der Waals surface area contributed by atoms with Crippen LogP contribution < -0.4 is 0 Å². The first kappa shape index (κ1) is 7.29. The molecule has 0 aliphatic carbocycles. The first-order valence-electron chi connectivity index (χ1n) is 3.05. The summed E-state index contributed by atoms with van der Waals surface area (Å²) >= 11 is 0. The first-order valence-corrected chi connectivity index (χ1v) is 3.05. The first-order chi connectivity index (χ1) is 5.34. The van der Waals surface area contributed by atoms with Crippen molar-refractivity contribution in [1.29, 1.82) is 5.26 Å². The zero-order chi connectivity index (χ0) is 8.10. The average Bonchev–Trinajstić information content (AvgIpc) is 2.03. The van der Waals surface area contributed by atoms with E-state index in [4.69, 9.17) is 10.4 Å². The molecule has 1 aromatic carbocycles. The highest BCUT2D eigenvalue weighted by Crippen LogP contribution is 2.12. The van der Waals surface area contributed by atoms with Gasteiger partial charge < -0.3 is 5.11 Å². The van der Waals surface area contributed by atoms with E-state index in [2.05, 4.69) is 4.99 Å². The molecule has 3 heteroatoms. The standard InChI is InChI=1S/C8H6N2O/c9-6-10-5-7-3-1-2-4-8(7)11/h1-5,11H. The second kappa shape index (κ2) is 3.37. The zero-order valence-corrected chi connectivity index (χ0v) is 5.73. The molecule has 1 rings (SSSR count). The number of benzene rings is 1. The number of nitrogens with zero attached hydrogens (tertiary/aromatic N) is 2. The minimum atomic E-state index is 0.131. The van der Waals surface area contributed by atoms with Gasteiger partial charge in [-0.25, -0.2) is 0 Å². The highest BCUT2D eigenvalue weighted by molar-refractivity contribution is 5.83. The molecule has 0 atom stereocenters. The summed E-state index contributed by atoms with van der Waals surface area (Å²) in [5, 5.41) is 17.2. The van der Waals surface area contributed by atoms with Crippen LogP contribution in [-0.2, 0) is 0 Å². The summed E-state index contributed by atoms with van der Waals surface area (Å²) in [6, 6.07) is 6.69. The fourth-order valence-corrected chi connectivity index (χ4v) is 0.695. The molecule has 0 spiro atoms. The van der Waals surface area contributed by atoms with Gasteiger partial charge in [0.05, 0.1) is 6.21 Å². The molecule has 0 heterocycles. The molecule has 1 N–H and O–H groups in total. The van der Waals surface area contributed by atoms with Crippen LogP contribution in [0.25, 0.3) is 0 Å². The van der Waals surface area contributed by atoms with Gasteiger partial charge in [-0.2, -0.15) is 10.3 Å². The lowest BCUT2D eigenvalue weighted by Gasteiger charge is -1.93. The molecular weight excluding hydrogens is 140 g/mol. The van der Waals surface area contributed by atoms with E-state index in [1.54, 1.807) is 30.5 Å². The molecule has 0 aliphatic heterocycles. The van der Waals surface area contributed by atoms with Crippen LogP contribution in [0.5, 0.6) is 5.75 Å². The normalized spacial score (nSPS) is 9.73. The summed E-state index contributed by atoms with van der Waals surface area (Å²) in [5.41, 5.74) is 0.550. The molecule has 0 amide bonds. The van der Waals surface area contributed by atoms with Crippen LogP contribution in [0, 0.1) is 11.5 Å². The van der Waals surface area contributed by atoms with Crippen LogP contribution in [0.2, 0.25) is 0 Å². The Hall–Kier alpha value is -1.82. The molecule has 0 aliphatic rings.